The average Bonchev–Trinajstić information content (AvgIpc) is 2.36. The number of benzene rings is 1. The van der Waals surface area contributed by atoms with E-state index in [1.54, 1.807) is 6.07 Å². The van der Waals surface area contributed by atoms with Gasteiger partial charge in [0.15, 0.2) is 0 Å². The molecule has 0 bridgehead atoms. The summed E-state index contributed by atoms with van der Waals surface area (Å²) in [6, 6.07) is 5.45. The normalized spacial score (nSPS) is 10.9. The zero-order valence-corrected chi connectivity index (χ0v) is 11.7. The van der Waals surface area contributed by atoms with Crippen LogP contribution in [0.4, 0.5) is 11.5 Å². The van der Waals surface area contributed by atoms with Crippen molar-refractivity contribution in [3.63, 3.8) is 0 Å². The van der Waals surface area contributed by atoms with Crippen LogP contribution in [0, 0.1) is 5.92 Å². The van der Waals surface area contributed by atoms with Crippen LogP contribution in [-0.4, -0.2) is 29.0 Å². The highest BCUT2D eigenvalue weighted by molar-refractivity contribution is 5.93. The number of primary amides is 1. The number of nitrogens with zero attached hydrogens (tertiary/aromatic N) is 3. The first-order chi connectivity index (χ1) is 9.47. The Hall–Kier alpha value is -2.37. The average molecular weight is 273 g/mol. The molecular formula is C14H19N5O. The maximum atomic E-state index is 11.3. The molecule has 0 unspecified atom stereocenters. The summed E-state index contributed by atoms with van der Waals surface area (Å²) in [5.41, 5.74) is 12.6. The van der Waals surface area contributed by atoms with E-state index in [0.717, 1.165) is 10.9 Å². The van der Waals surface area contributed by atoms with Crippen LogP contribution in [-0.2, 0) is 4.79 Å². The summed E-state index contributed by atoms with van der Waals surface area (Å²) in [7, 11) is 0. The summed E-state index contributed by atoms with van der Waals surface area (Å²) in [4.78, 5) is 21.7. The standard InChI is InChI=1S/C14H19N5O/c1-9(2)6-19(7-13(16)20)14-11-5-10(15)3-4-12(11)17-8-18-14/h3-5,8-9H,6-7,15H2,1-2H3,(H2,16,20). The van der Waals surface area contributed by atoms with Crippen molar-refractivity contribution in [2.75, 3.05) is 23.7 Å². The van der Waals surface area contributed by atoms with Crippen LogP contribution in [0.1, 0.15) is 13.8 Å². The van der Waals surface area contributed by atoms with Gasteiger partial charge in [-0.2, -0.15) is 0 Å². The van der Waals surface area contributed by atoms with Crippen LogP contribution in [0.25, 0.3) is 10.9 Å². The molecule has 0 fully saturated rings. The molecule has 20 heavy (non-hydrogen) atoms. The van der Waals surface area contributed by atoms with Crippen molar-refractivity contribution in [3.8, 4) is 0 Å². The number of fused-ring (bicyclic) bond motifs is 1. The summed E-state index contributed by atoms with van der Waals surface area (Å²) >= 11 is 0. The smallest absolute Gasteiger partial charge is 0.236 e. The predicted octanol–water partition coefficient (Wildman–Crippen LogP) is 1.16. The van der Waals surface area contributed by atoms with Crippen LogP contribution < -0.4 is 16.4 Å². The Morgan fingerprint density at radius 2 is 2.10 bits per heavy atom. The van der Waals surface area contributed by atoms with Gasteiger partial charge in [-0.3, -0.25) is 4.79 Å². The molecular weight excluding hydrogens is 254 g/mol. The molecule has 1 aromatic carbocycles. The Labute approximate surface area is 117 Å². The minimum atomic E-state index is -0.388. The number of hydrogen-bond acceptors (Lipinski definition) is 5. The number of aromatic nitrogens is 2. The number of hydrogen-bond donors (Lipinski definition) is 2. The first kappa shape index (κ1) is 14.0. The van der Waals surface area contributed by atoms with E-state index >= 15 is 0 Å². The van der Waals surface area contributed by atoms with E-state index in [-0.39, 0.29) is 12.5 Å². The van der Waals surface area contributed by atoms with Crippen molar-refractivity contribution in [2.45, 2.75) is 13.8 Å². The zero-order valence-electron chi connectivity index (χ0n) is 11.7. The lowest BCUT2D eigenvalue weighted by molar-refractivity contribution is -0.116. The molecule has 0 radical (unpaired) electrons. The van der Waals surface area contributed by atoms with Gasteiger partial charge in [-0.05, 0) is 24.1 Å². The molecule has 0 spiro atoms. The second-order valence-electron chi connectivity index (χ2n) is 5.21. The van der Waals surface area contributed by atoms with E-state index in [1.807, 2.05) is 17.0 Å². The third-order valence-corrected chi connectivity index (χ3v) is 2.87. The van der Waals surface area contributed by atoms with E-state index in [9.17, 15) is 4.79 Å². The molecule has 6 nitrogen and oxygen atoms in total. The first-order valence-corrected chi connectivity index (χ1v) is 6.51. The number of nitrogen functional groups attached to an aromatic ring is 1. The monoisotopic (exact) mass is 273 g/mol. The molecule has 1 heterocycles. The fraction of sp³-hybridized carbons (Fsp3) is 0.357. The topological polar surface area (TPSA) is 98.1 Å². The fourth-order valence-corrected chi connectivity index (χ4v) is 2.17. The third kappa shape index (κ3) is 3.14. The molecule has 6 heteroatoms. The third-order valence-electron chi connectivity index (χ3n) is 2.87. The van der Waals surface area contributed by atoms with E-state index in [1.165, 1.54) is 6.33 Å². The number of rotatable bonds is 5. The Kier molecular flexibility index (Phi) is 4.02. The molecule has 106 valence electrons. The lowest BCUT2D eigenvalue weighted by atomic mass is 10.1. The molecule has 2 aromatic rings. The Morgan fingerprint density at radius 3 is 2.75 bits per heavy atom. The van der Waals surface area contributed by atoms with Crippen LogP contribution in [0.2, 0.25) is 0 Å². The van der Waals surface area contributed by atoms with Gasteiger partial charge in [-0.15, -0.1) is 0 Å². The zero-order chi connectivity index (χ0) is 14.7. The van der Waals surface area contributed by atoms with E-state index in [4.69, 9.17) is 11.5 Å². The summed E-state index contributed by atoms with van der Waals surface area (Å²) in [6.45, 7) is 4.96. The number of anilines is 2. The van der Waals surface area contributed by atoms with Crippen LogP contribution in [0.3, 0.4) is 0 Å². The van der Waals surface area contributed by atoms with Gasteiger partial charge >= 0.3 is 0 Å². The highest BCUT2D eigenvalue weighted by Gasteiger charge is 2.16. The summed E-state index contributed by atoms with van der Waals surface area (Å²) in [5, 5.41) is 0.828. The van der Waals surface area contributed by atoms with Crippen molar-refractivity contribution in [2.24, 2.45) is 11.7 Å². The van der Waals surface area contributed by atoms with Crippen molar-refractivity contribution >= 4 is 28.3 Å². The van der Waals surface area contributed by atoms with Gasteiger partial charge in [-0.1, -0.05) is 13.8 Å². The molecule has 4 N–H and O–H groups in total. The molecule has 0 atom stereocenters. The second-order valence-corrected chi connectivity index (χ2v) is 5.21. The molecule has 0 aliphatic heterocycles. The van der Waals surface area contributed by atoms with E-state index in [0.29, 0.717) is 24.0 Å². The fourth-order valence-electron chi connectivity index (χ4n) is 2.17. The lowest BCUT2D eigenvalue weighted by Crippen LogP contribution is -2.37. The van der Waals surface area contributed by atoms with Gasteiger partial charge in [0, 0.05) is 17.6 Å². The highest BCUT2D eigenvalue weighted by atomic mass is 16.1. The van der Waals surface area contributed by atoms with E-state index < -0.39 is 0 Å². The molecule has 0 aliphatic carbocycles. The molecule has 0 saturated carbocycles. The Morgan fingerprint density at radius 1 is 1.35 bits per heavy atom. The summed E-state index contributed by atoms with van der Waals surface area (Å²) in [5.74, 6) is 0.677. The Balaban J connectivity index is 2.51. The summed E-state index contributed by atoms with van der Waals surface area (Å²) in [6.07, 6.45) is 1.49. The molecule has 0 aliphatic rings. The molecule has 0 saturated heterocycles. The number of carbonyl (C=O) groups excluding carboxylic acids is 1. The van der Waals surface area contributed by atoms with Gasteiger partial charge in [0.25, 0.3) is 0 Å². The lowest BCUT2D eigenvalue weighted by Gasteiger charge is -2.25. The van der Waals surface area contributed by atoms with Crippen molar-refractivity contribution in [1.82, 2.24) is 9.97 Å². The maximum absolute atomic E-state index is 11.3. The molecule has 1 aromatic heterocycles. The largest absolute Gasteiger partial charge is 0.399 e. The van der Waals surface area contributed by atoms with Crippen molar-refractivity contribution < 1.29 is 4.79 Å². The van der Waals surface area contributed by atoms with E-state index in [2.05, 4.69) is 23.8 Å². The van der Waals surface area contributed by atoms with Crippen LogP contribution in [0.15, 0.2) is 24.5 Å². The SMILES string of the molecule is CC(C)CN(CC(N)=O)c1ncnc2ccc(N)cc12. The minimum Gasteiger partial charge on any atom is -0.399 e. The second kappa shape index (κ2) is 5.73. The first-order valence-electron chi connectivity index (χ1n) is 6.51. The highest BCUT2D eigenvalue weighted by Crippen LogP contribution is 2.25. The van der Waals surface area contributed by atoms with Gasteiger partial charge in [0.1, 0.15) is 12.1 Å². The van der Waals surface area contributed by atoms with Crippen LogP contribution >= 0.6 is 0 Å². The van der Waals surface area contributed by atoms with Gasteiger partial charge in [0.05, 0.1) is 12.1 Å². The number of amides is 1. The molecule has 1 amide bonds. The molecule has 2 rings (SSSR count). The summed E-state index contributed by atoms with van der Waals surface area (Å²) < 4.78 is 0. The van der Waals surface area contributed by atoms with Gasteiger partial charge < -0.3 is 16.4 Å². The Bertz CT molecular complexity index is 626. The number of nitrogens with two attached hydrogens (primary N) is 2. The minimum absolute atomic E-state index is 0.124. The quantitative estimate of drug-likeness (QED) is 0.796. The van der Waals surface area contributed by atoms with Crippen molar-refractivity contribution in [3.05, 3.63) is 24.5 Å². The van der Waals surface area contributed by atoms with Crippen LogP contribution in [0.5, 0.6) is 0 Å². The van der Waals surface area contributed by atoms with Gasteiger partial charge in [-0.25, -0.2) is 9.97 Å². The predicted molar refractivity (Wildman–Crippen MR) is 80.2 cm³/mol. The van der Waals surface area contributed by atoms with Crippen molar-refractivity contribution in [1.29, 1.82) is 0 Å². The van der Waals surface area contributed by atoms with Gasteiger partial charge in [0.2, 0.25) is 5.91 Å². The number of carbonyl (C=O) groups is 1. The maximum Gasteiger partial charge on any atom is 0.236 e.